The van der Waals surface area contributed by atoms with Crippen LogP contribution in [0.4, 0.5) is 5.69 Å². The van der Waals surface area contributed by atoms with Crippen molar-refractivity contribution in [2.24, 2.45) is 0 Å². The monoisotopic (exact) mass is 250 g/mol. The molecule has 100 valence electrons. The van der Waals surface area contributed by atoms with E-state index < -0.39 is 0 Å². The third-order valence-electron chi connectivity index (χ3n) is 3.72. The summed E-state index contributed by atoms with van der Waals surface area (Å²) in [5.74, 6) is 0. The molecule has 0 amide bonds. The smallest absolute Gasteiger partial charge is 0.0703 e. The number of aliphatic hydroxyl groups is 2. The molecule has 1 aliphatic rings. The lowest BCUT2D eigenvalue weighted by atomic mass is 9.93. The van der Waals surface area contributed by atoms with Crippen LogP contribution in [-0.2, 0) is 6.61 Å². The van der Waals surface area contributed by atoms with Gasteiger partial charge in [-0.05, 0) is 18.9 Å². The normalized spacial score (nSPS) is 16.8. The van der Waals surface area contributed by atoms with E-state index in [1.165, 1.54) is 32.1 Å². The molecular formula is C14H22N2O2. The molecule has 4 nitrogen and oxygen atoms in total. The second-order valence-electron chi connectivity index (χ2n) is 4.87. The van der Waals surface area contributed by atoms with Gasteiger partial charge in [0.1, 0.15) is 0 Å². The molecule has 1 aliphatic carbocycles. The maximum atomic E-state index is 9.42. The number of aromatic nitrogens is 1. The molecule has 1 saturated carbocycles. The van der Waals surface area contributed by atoms with Crippen molar-refractivity contribution in [3.05, 3.63) is 24.0 Å². The molecule has 1 aromatic rings. The van der Waals surface area contributed by atoms with E-state index in [1.54, 1.807) is 12.4 Å². The summed E-state index contributed by atoms with van der Waals surface area (Å²) in [4.78, 5) is 6.38. The van der Waals surface area contributed by atoms with Gasteiger partial charge in [-0.2, -0.15) is 0 Å². The van der Waals surface area contributed by atoms with Gasteiger partial charge in [0, 0.05) is 24.3 Å². The first-order chi connectivity index (χ1) is 8.86. The van der Waals surface area contributed by atoms with E-state index in [1.807, 2.05) is 6.07 Å². The molecule has 1 heterocycles. The number of hydrogen-bond acceptors (Lipinski definition) is 4. The Hall–Kier alpha value is -1.13. The zero-order chi connectivity index (χ0) is 12.8. The highest BCUT2D eigenvalue weighted by molar-refractivity contribution is 5.52. The number of pyridine rings is 1. The molecule has 0 spiro atoms. The van der Waals surface area contributed by atoms with Crippen molar-refractivity contribution < 1.29 is 10.2 Å². The molecule has 0 aliphatic heterocycles. The van der Waals surface area contributed by atoms with Crippen LogP contribution in [0, 0.1) is 0 Å². The van der Waals surface area contributed by atoms with Gasteiger partial charge in [-0.3, -0.25) is 4.98 Å². The molecule has 18 heavy (non-hydrogen) atoms. The Balaban J connectivity index is 2.22. The lowest BCUT2D eigenvalue weighted by Gasteiger charge is -2.36. The third kappa shape index (κ3) is 3.00. The van der Waals surface area contributed by atoms with Crippen molar-refractivity contribution in [2.75, 3.05) is 18.1 Å². The minimum absolute atomic E-state index is 0.0203. The zero-order valence-electron chi connectivity index (χ0n) is 10.8. The van der Waals surface area contributed by atoms with Gasteiger partial charge < -0.3 is 15.1 Å². The second-order valence-corrected chi connectivity index (χ2v) is 4.87. The molecule has 1 fully saturated rings. The molecule has 2 rings (SSSR count). The number of aliphatic hydroxyl groups excluding tert-OH is 2. The minimum Gasteiger partial charge on any atom is -0.395 e. The first-order valence-corrected chi connectivity index (χ1v) is 6.78. The Bertz CT molecular complexity index is 365. The molecule has 2 N–H and O–H groups in total. The van der Waals surface area contributed by atoms with Crippen LogP contribution in [-0.4, -0.2) is 34.4 Å². The van der Waals surface area contributed by atoms with E-state index in [-0.39, 0.29) is 13.2 Å². The van der Waals surface area contributed by atoms with Gasteiger partial charge in [0.2, 0.25) is 0 Å². The van der Waals surface area contributed by atoms with Crippen LogP contribution in [0.1, 0.15) is 37.7 Å². The fourth-order valence-corrected chi connectivity index (χ4v) is 2.81. The standard InChI is InChI=1S/C14H22N2O2/c17-9-8-16(13-4-2-1-3-5-13)14-10-15-7-6-12(14)11-18/h6-7,10,13,17-18H,1-5,8-9,11H2. The minimum atomic E-state index is 0.0203. The Labute approximate surface area is 108 Å². The van der Waals surface area contributed by atoms with Crippen LogP contribution >= 0.6 is 0 Å². The SMILES string of the molecule is OCCN(c1cnccc1CO)C1CCCCC1. The van der Waals surface area contributed by atoms with Gasteiger partial charge in [0.05, 0.1) is 25.1 Å². The summed E-state index contributed by atoms with van der Waals surface area (Å²) in [6.07, 6.45) is 9.65. The summed E-state index contributed by atoms with van der Waals surface area (Å²) >= 11 is 0. The molecule has 0 aromatic carbocycles. The van der Waals surface area contributed by atoms with E-state index >= 15 is 0 Å². The number of anilines is 1. The molecular weight excluding hydrogens is 228 g/mol. The van der Waals surface area contributed by atoms with Gasteiger partial charge in [-0.1, -0.05) is 19.3 Å². The topological polar surface area (TPSA) is 56.6 Å². The maximum absolute atomic E-state index is 9.42. The summed E-state index contributed by atoms with van der Waals surface area (Å²) in [7, 11) is 0. The largest absolute Gasteiger partial charge is 0.395 e. The Morgan fingerprint density at radius 3 is 2.67 bits per heavy atom. The van der Waals surface area contributed by atoms with Crippen LogP contribution in [0.25, 0.3) is 0 Å². The van der Waals surface area contributed by atoms with Gasteiger partial charge in [-0.15, -0.1) is 0 Å². The maximum Gasteiger partial charge on any atom is 0.0703 e. The predicted octanol–water partition coefficient (Wildman–Crippen LogP) is 1.71. The quantitative estimate of drug-likeness (QED) is 0.835. The van der Waals surface area contributed by atoms with Gasteiger partial charge in [-0.25, -0.2) is 0 Å². The Morgan fingerprint density at radius 2 is 2.00 bits per heavy atom. The van der Waals surface area contributed by atoms with Gasteiger partial charge in [0.25, 0.3) is 0 Å². The fraction of sp³-hybridized carbons (Fsp3) is 0.643. The molecule has 4 heteroatoms. The van der Waals surface area contributed by atoms with Crippen molar-refractivity contribution in [3.63, 3.8) is 0 Å². The third-order valence-corrected chi connectivity index (χ3v) is 3.72. The highest BCUT2D eigenvalue weighted by atomic mass is 16.3. The summed E-state index contributed by atoms with van der Waals surface area (Å²) in [5.41, 5.74) is 1.87. The molecule has 0 radical (unpaired) electrons. The lowest BCUT2D eigenvalue weighted by Crippen LogP contribution is -2.39. The first kappa shape index (κ1) is 13.3. The van der Waals surface area contributed by atoms with E-state index in [0.717, 1.165) is 11.3 Å². The molecule has 1 aromatic heterocycles. The van der Waals surface area contributed by atoms with Crippen LogP contribution in [0.3, 0.4) is 0 Å². The summed E-state index contributed by atoms with van der Waals surface area (Å²) in [6, 6.07) is 2.32. The van der Waals surface area contributed by atoms with Crippen molar-refractivity contribution >= 4 is 5.69 Å². The van der Waals surface area contributed by atoms with Gasteiger partial charge >= 0.3 is 0 Å². The number of nitrogens with zero attached hydrogens (tertiary/aromatic N) is 2. The lowest BCUT2D eigenvalue weighted by molar-refractivity contribution is 0.277. The average molecular weight is 250 g/mol. The van der Waals surface area contributed by atoms with Crippen LogP contribution < -0.4 is 4.90 Å². The highest BCUT2D eigenvalue weighted by Crippen LogP contribution is 2.28. The van der Waals surface area contributed by atoms with E-state index in [0.29, 0.717) is 12.6 Å². The predicted molar refractivity (Wildman–Crippen MR) is 71.5 cm³/mol. The van der Waals surface area contributed by atoms with Gasteiger partial charge in [0.15, 0.2) is 0 Å². The summed E-state index contributed by atoms with van der Waals surface area (Å²) in [5, 5.41) is 18.7. The number of hydrogen-bond donors (Lipinski definition) is 2. The summed E-state index contributed by atoms with van der Waals surface area (Å²) in [6.45, 7) is 0.770. The van der Waals surface area contributed by atoms with E-state index in [4.69, 9.17) is 0 Å². The van der Waals surface area contributed by atoms with Crippen molar-refractivity contribution in [1.82, 2.24) is 4.98 Å². The number of rotatable bonds is 5. The van der Waals surface area contributed by atoms with Crippen LogP contribution in [0.15, 0.2) is 18.5 Å². The summed E-state index contributed by atoms with van der Waals surface area (Å²) < 4.78 is 0. The van der Waals surface area contributed by atoms with Crippen molar-refractivity contribution in [3.8, 4) is 0 Å². The second kappa shape index (κ2) is 6.71. The van der Waals surface area contributed by atoms with Crippen molar-refractivity contribution in [1.29, 1.82) is 0 Å². The molecule has 0 unspecified atom stereocenters. The van der Waals surface area contributed by atoms with E-state index in [9.17, 15) is 10.2 Å². The van der Waals surface area contributed by atoms with Crippen LogP contribution in [0.2, 0.25) is 0 Å². The highest BCUT2D eigenvalue weighted by Gasteiger charge is 2.22. The zero-order valence-corrected chi connectivity index (χ0v) is 10.8. The first-order valence-electron chi connectivity index (χ1n) is 6.78. The molecule has 0 bridgehead atoms. The molecule has 0 saturated heterocycles. The average Bonchev–Trinajstić information content (AvgIpc) is 2.46. The Morgan fingerprint density at radius 1 is 1.22 bits per heavy atom. The fourth-order valence-electron chi connectivity index (χ4n) is 2.81. The van der Waals surface area contributed by atoms with E-state index in [2.05, 4.69) is 9.88 Å². The molecule has 0 atom stereocenters. The van der Waals surface area contributed by atoms with Crippen LogP contribution in [0.5, 0.6) is 0 Å². The van der Waals surface area contributed by atoms with Crippen molar-refractivity contribution in [2.45, 2.75) is 44.8 Å². The Kier molecular flexibility index (Phi) is 4.96.